The second-order valence-corrected chi connectivity index (χ2v) is 5.33. The lowest BCUT2D eigenvalue weighted by Gasteiger charge is -2.11. The Labute approximate surface area is 103 Å². The standard InChI is InChI=1S/C12H16O4S/c1-16-7-8-17(15)11(12(13)14)9-10-5-3-2-4-6-10/h2-6,11H,7-9H2,1H3,(H,13,14). The van der Waals surface area contributed by atoms with Crippen LogP contribution in [0.3, 0.4) is 0 Å². The molecular formula is C12H16O4S. The Morgan fingerprint density at radius 1 is 1.41 bits per heavy atom. The van der Waals surface area contributed by atoms with E-state index in [0.29, 0.717) is 6.61 Å². The maximum Gasteiger partial charge on any atom is 0.319 e. The van der Waals surface area contributed by atoms with Crippen LogP contribution in [0.4, 0.5) is 0 Å². The Bertz CT molecular complexity index is 377. The first kappa shape index (κ1) is 13.9. The molecule has 2 unspecified atom stereocenters. The Morgan fingerprint density at radius 2 is 2.06 bits per heavy atom. The van der Waals surface area contributed by atoms with Crippen LogP contribution < -0.4 is 0 Å². The summed E-state index contributed by atoms with van der Waals surface area (Å²) in [4.78, 5) is 11.1. The fourth-order valence-corrected chi connectivity index (χ4v) is 2.65. The highest BCUT2D eigenvalue weighted by Gasteiger charge is 2.24. The molecule has 1 N–H and O–H groups in total. The van der Waals surface area contributed by atoms with Crippen molar-refractivity contribution in [1.29, 1.82) is 0 Å². The van der Waals surface area contributed by atoms with Crippen LogP contribution in [0.25, 0.3) is 0 Å². The predicted molar refractivity (Wildman–Crippen MR) is 66.5 cm³/mol. The van der Waals surface area contributed by atoms with Crippen LogP contribution in [-0.2, 0) is 26.8 Å². The highest BCUT2D eigenvalue weighted by molar-refractivity contribution is 7.86. The average Bonchev–Trinajstić information content (AvgIpc) is 2.34. The molecule has 94 valence electrons. The van der Waals surface area contributed by atoms with Crippen LogP contribution in [0, 0.1) is 0 Å². The van der Waals surface area contributed by atoms with Crippen molar-refractivity contribution in [3.05, 3.63) is 35.9 Å². The van der Waals surface area contributed by atoms with E-state index in [4.69, 9.17) is 9.84 Å². The van der Waals surface area contributed by atoms with Crippen molar-refractivity contribution in [2.45, 2.75) is 11.7 Å². The minimum absolute atomic E-state index is 0.250. The van der Waals surface area contributed by atoms with E-state index in [1.165, 1.54) is 7.11 Å². The molecule has 17 heavy (non-hydrogen) atoms. The summed E-state index contributed by atoms with van der Waals surface area (Å²) in [6, 6.07) is 9.21. The molecule has 1 rings (SSSR count). The summed E-state index contributed by atoms with van der Waals surface area (Å²) >= 11 is 0. The average molecular weight is 256 g/mol. The van der Waals surface area contributed by atoms with Gasteiger partial charge in [0.2, 0.25) is 0 Å². The Balaban J connectivity index is 2.67. The van der Waals surface area contributed by atoms with Crippen LogP contribution in [0.2, 0.25) is 0 Å². The van der Waals surface area contributed by atoms with Gasteiger partial charge in [0.25, 0.3) is 0 Å². The van der Waals surface area contributed by atoms with Crippen LogP contribution in [0.15, 0.2) is 30.3 Å². The molecule has 4 nitrogen and oxygen atoms in total. The molecule has 1 aromatic rings. The van der Waals surface area contributed by atoms with Crippen LogP contribution in [-0.4, -0.2) is 40.0 Å². The molecule has 0 spiro atoms. The van der Waals surface area contributed by atoms with Gasteiger partial charge in [-0.1, -0.05) is 30.3 Å². The van der Waals surface area contributed by atoms with Crippen LogP contribution in [0.5, 0.6) is 0 Å². The van der Waals surface area contributed by atoms with Crippen molar-refractivity contribution in [2.24, 2.45) is 0 Å². The second kappa shape index (κ2) is 7.19. The zero-order chi connectivity index (χ0) is 12.7. The molecule has 0 heterocycles. The van der Waals surface area contributed by atoms with Gasteiger partial charge in [0.15, 0.2) is 0 Å². The first-order chi connectivity index (χ1) is 8.15. The second-order valence-electron chi connectivity index (χ2n) is 3.59. The monoisotopic (exact) mass is 256 g/mol. The minimum Gasteiger partial charge on any atom is -0.480 e. The van der Waals surface area contributed by atoms with E-state index in [0.717, 1.165) is 5.56 Å². The fraction of sp³-hybridized carbons (Fsp3) is 0.417. The lowest BCUT2D eigenvalue weighted by Crippen LogP contribution is -2.30. The number of carboxylic acids is 1. The summed E-state index contributed by atoms with van der Waals surface area (Å²) in [6.07, 6.45) is 0.284. The molecule has 1 aromatic carbocycles. The third kappa shape index (κ3) is 4.66. The van der Waals surface area contributed by atoms with E-state index < -0.39 is 22.0 Å². The van der Waals surface area contributed by atoms with Gasteiger partial charge in [0, 0.05) is 23.7 Å². The van der Waals surface area contributed by atoms with E-state index in [9.17, 15) is 9.00 Å². The van der Waals surface area contributed by atoms with Gasteiger partial charge in [-0.15, -0.1) is 0 Å². The highest BCUT2D eigenvalue weighted by Crippen LogP contribution is 2.09. The summed E-state index contributed by atoms with van der Waals surface area (Å²) in [7, 11) is 0.0913. The summed E-state index contributed by atoms with van der Waals surface area (Å²) < 4.78 is 16.6. The van der Waals surface area contributed by atoms with Gasteiger partial charge >= 0.3 is 5.97 Å². The zero-order valence-corrected chi connectivity index (χ0v) is 10.5. The molecule has 0 aliphatic carbocycles. The number of carbonyl (C=O) groups is 1. The maximum absolute atomic E-state index is 11.8. The minimum atomic E-state index is -1.41. The van der Waals surface area contributed by atoms with Gasteiger partial charge in [-0.25, -0.2) is 0 Å². The van der Waals surface area contributed by atoms with Crippen molar-refractivity contribution in [3.63, 3.8) is 0 Å². The van der Waals surface area contributed by atoms with E-state index in [2.05, 4.69) is 0 Å². The topological polar surface area (TPSA) is 63.6 Å². The number of hydrogen-bond acceptors (Lipinski definition) is 3. The van der Waals surface area contributed by atoms with Gasteiger partial charge in [0.05, 0.1) is 6.61 Å². The number of benzene rings is 1. The summed E-state index contributed by atoms with van der Waals surface area (Å²) in [6.45, 7) is 0.311. The number of ether oxygens (including phenoxy) is 1. The SMILES string of the molecule is COCCS(=O)C(Cc1ccccc1)C(=O)O. The number of aliphatic carboxylic acids is 1. The molecule has 0 saturated heterocycles. The lowest BCUT2D eigenvalue weighted by molar-refractivity contribution is -0.136. The number of carboxylic acid groups (broad SMARTS) is 1. The predicted octanol–water partition coefficient (Wildman–Crippen LogP) is 1.08. The van der Waals surface area contributed by atoms with E-state index in [1.807, 2.05) is 30.3 Å². The first-order valence-electron chi connectivity index (χ1n) is 5.28. The molecule has 0 aliphatic rings. The highest BCUT2D eigenvalue weighted by atomic mass is 32.2. The molecule has 2 atom stereocenters. The molecule has 0 radical (unpaired) electrons. The Kier molecular flexibility index (Phi) is 5.86. The number of rotatable bonds is 7. The molecular weight excluding hydrogens is 240 g/mol. The van der Waals surface area contributed by atoms with Crippen molar-refractivity contribution < 1.29 is 18.8 Å². The summed E-state index contributed by atoms with van der Waals surface area (Å²) in [5.41, 5.74) is 0.880. The van der Waals surface area contributed by atoms with Gasteiger partial charge < -0.3 is 9.84 Å². The first-order valence-corrected chi connectivity index (χ1v) is 6.66. The third-order valence-electron chi connectivity index (χ3n) is 2.35. The lowest BCUT2D eigenvalue weighted by atomic mass is 10.1. The normalized spacial score (nSPS) is 14.2. The van der Waals surface area contributed by atoms with E-state index in [-0.39, 0.29) is 12.2 Å². The molecule has 0 bridgehead atoms. The van der Waals surface area contributed by atoms with Gasteiger partial charge in [0.1, 0.15) is 5.25 Å². The third-order valence-corrected chi connectivity index (χ3v) is 3.92. The van der Waals surface area contributed by atoms with Gasteiger partial charge in [-0.3, -0.25) is 9.00 Å². The Hall–Kier alpha value is -1.20. The Morgan fingerprint density at radius 3 is 2.59 bits per heavy atom. The molecule has 0 aromatic heterocycles. The molecule has 5 heteroatoms. The smallest absolute Gasteiger partial charge is 0.319 e. The number of methoxy groups -OCH3 is 1. The molecule has 0 fully saturated rings. The van der Waals surface area contributed by atoms with Crippen LogP contribution in [0.1, 0.15) is 5.56 Å². The fourth-order valence-electron chi connectivity index (χ4n) is 1.43. The van der Waals surface area contributed by atoms with Crippen molar-refractivity contribution in [1.82, 2.24) is 0 Å². The number of hydrogen-bond donors (Lipinski definition) is 1. The van der Waals surface area contributed by atoms with Crippen molar-refractivity contribution in [2.75, 3.05) is 19.5 Å². The quantitative estimate of drug-likeness (QED) is 0.793. The van der Waals surface area contributed by atoms with Gasteiger partial charge in [-0.2, -0.15) is 0 Å². The zero-order valence-electron chi connectivity index (χ0n) is 9.67. The van der Waals surface area contributed by atoms with Crippen molar-refractivity contribution >= 4 is 16.8 Å². The van der Waals surface area contributed by atoms with Crippen LogP contribution >= 0.6 is 0 Å². The molecule has 0 amide bonds. The largest absolute Gasteiger partial charge is 0.480 e. The van der Waals surface area contributed by atoms with E-state index in [1.54, 1.807) is 0 Å². The van der Waals surface area contributed by atoms with E-state index >= 15 is 0 Å². The summed E-state index contributed by atoms with van der Waals surface area (Å²) in [5.74, 6) is -0.774. The maximum atomic E-state index is 11.8. The molecule has 0 aliphatic heterocycles. The molecule has 0 saturated carbocycles. The van der Waals surface area contributed by atoms with Gasteiger partial charge in [-0.05, 0) is 12.0 Å². The van der Waals surface area contributed by atoms with Crippen molar-refractivity contribution in [3.8, 4) is 0 Å². The summed E-state index contributed by atoms with van der Waals surface area (Å²) in [5, 5.41) is 8.20.